The van der Waals surface area contributed by atoms with Gasteiger partial charge in [0.15, 0.2) is 0 Å². The zero-order valence-electron chi connectivity index (χ0n) is 12.9. The lowest BCUT2D eigenvalue weighted by atomic mass is 10.1. The van der Waals surface area contributed by atoms with Crippen LogP contribution >= 0.6 is 0 Å². The largest absolute Gasteiger partial charge is 0.462 e. The molecule has 0 spiro atoms. The third-order valence-corrected chi connectivity index (χ3v) is 3.75. The van der Waals surface area contributed by atoms with Gasteiger partial charge in [-0.05, 0) is 37.3 Å². The monoisotopic (exact) mass is 288 g/mol. The van der Waals surface area contributed by atoms with Gasteiger partial charge in [-0.2, -0.15) is 0 Å². The molecule has 3 heteroatoms. The Hall–Kier alpha value is -1.61. The summed E-state index contributed by atoms with van der Waals surface area (Å²) in [6.45, 7) is 4.54. The molecule has 0 bridgehead atoms. The van der Waals surface area contributed by atoms with E-state index < -0.39 is 0 Å². The van der Waals surface area contributed by atoms with Crippen LogP contribution in [0.5, 0.6) is 0 Å². The molecule has 1 aliphatic rings. The van der Waals surface area contributed by atoms with E-state index in [9.17, 15) is 4.79 Å². The maximum absolute atomic E-state index is 12.1. The summed E-state index contributed by atoms with van der Waals surface area (Å²) >= 11 is 0. The molecule has 21 heavy (non-hydrogen) atoms. The van der Waals surface area contributed by atoms with Gasteiger partial charge in [0.1, 0.15) is 0 Å². The van der Waals surface area contributed by atoms with Crippen LogP contribution in [-0.2, 0) is 20.7 Å². The minimum absolute atomic E-state index is 0.0572. The maximum atomic E-state index is 12.1. The van der Waals surface area contributed by atoms with Crippen molar-refractivity contribution >= 4 is 5.97 Å². The summed E-state index contributed by atoms with van der Waals surface area (Å²) in [4.78, 5) is 12.1. The molecule has 2 unspecified atom stereocenters. The Morgan fingerprint density at radius 1 is 1.19 bits per heavy atom. The quantitative estimate of drug-likeness (QED) is 0.567. The van der Waals surface area contributed by atoms with Crippen LogP contribution < -0.4 is 0 Å². The molecular weight excluding hydrogens is 264 g/mol. The van der Waals surface area contributed by atoms with Gasteiger partial charge in [0, 0.05) is 0 Å². The lowest BCUT2D eigenvalue weighted by molar-refractivity contribution is -0.140. The SMILES string of the molecule is CCC1C=C(C(=O)OCCCc2ccccc2)C(CC)O1. The second-order valence-electron chi connectivity index (χ2n) is 5.33. The summed E-state index contributed by atoms with van der Waals surface area (Å²) < 4.78 is 11.2. The molecule has 0 fully saturated rings. The average molecular weight is 288 g/mol. The Balaban J connectivity index is 1.76. The molecule has 0 aromatic heterocycles. The fourth-order valence-corrected chi connectivity index (χ4v) is 2.53. The van der Waals surface area contributed by atoms with Crippen LogP contribution in [0.4, 0.5) is 0 Å². The minimum atomic E-state index is -0.217. The number of aryl methyl sites for hydroxylation is 1. The van der Waals surface area contributed by atoms with Crippen LogP contribution in [0, 0.1) is 0 Å². The summed E-state index contributed by atoms with van der Waals surface area (Å²) in [6, 6.07) is 10.2. The first-order chi connectivity index (χ1) is 10.2. The number of carbonyl (C=O) groups excluding carboxylic acids is 1. The molecule has 1 aromatic carbocycles. The number of carbonyl (C=O) groups is 1. The van der Waals surface area contributed by atoms with Crippen molar-refractivity contribution in [3.63, 3.8) is 0 Å². The molecule has 1 aliphatic heterocycles. The van der Waals surface area contributed by atoms with E-state index >= 15 is 0 Å². The van der Waals surface area contributed by atoms with E-state index in [-0.39, 0.29) is 18.2 Å². The van der Waals surface area contributed by atoms with Crippen LogP contribution in [0.25, 0.3) is 0 Å². The van der Waals surface area contributed by atoms with Crippen molar-refractivity contribution in [1.29, 1.82) is 0 Å². The van der Waals surface area contributed by atoms with Gasteiger partial charge in [-0.25, -0.2) is 4.79 Å². The molecule has 1 heterocycles. The van der Waals surface area contributed by atoms with E-state index in [1.165, 1.54) is 5.56 Å². The van der Waals surface area contributed by atoms with Gasteiger partial charge in [-0.1, -0.05) is 44.2 Å². The van der Waals surface area contributed by atoms with Crippen LogP contribution in [0.2, 0.25) is 0 Å². The van der Waals surface area contributed by atoms with E-state index in [0.717, 1.165) is 25.7 Å². The highest BCUT2D eigenvalue weighted by Crippen LogP contribution is 2.25. The second-order valence-corrected chi connectivity index (χ2v) is 5.33. The highest BCUT2D eigenvalue weighted by atomic mass is 16.5. The van der Waals surface area contributed by atoms with Crippen LogP contribution in [0.1, 0.15) is 38.7 Å². The van der Waals surface area contributed by atoms with E-state index in [1.54, 1.807) is 0 Å². The molecule has 2 rings (SSSR count). The molecule has 0 aliphatic carbocycles. The average Bonchev–Trinajstić information content (AvgIpc) is 2.96. The third kappa shape index (κ3) is 4.43. The molecule has 2 atom stereocenters. The van der Waals surface area contributed by atoms with Gasteiger partial charge in [-0.15, -0.1) is 0 Å². The van der Waals surface area contributed by atoms with Crippen molar-refractivity contribution < 1.29 is 14.3 Å². The Bertz CT molecular complexity index is 478. The van der Waals surface area contributed by atoms with Crippen molar-refractivity contribution in [2.75, 3.05) is 6.61 Å². The normalized spacial score (nSPS) is 21.1. The summed E-state index contributed by atoms with van der Waals surface area (Å²) in [6.07, 6.45) is 5.35. The summed E-state index contributed by atoms with van der Waals surface area (Å²) in [7, 11) is 0. The zero-order valence-corrected chi connectivity index (χ0v) is 12.9. The molecule has 0 radical (unpaired) electrons. The van der Waals surface area contributed by atoms with Crippen LogP contribution in [-0.4, -0.2) is 24.8 Å². The molecule has 3 nitrogen and oxygen atoms in total. The minimum Gasteiger partial charge on any atom is -0.462 e. The topological polar surface area (TPSA) is 35.5 Å². The second kappa shape index (κ2) is 7.99. The molecule has 0 saturated heterocycles. The number of ether oxygens (including phenoxy) is 2. The van der Waals surface area contributed by atoms with Crippen molar-refractivity contribution in [3.8, 4) is 0 Å². The van der Waals surface area contributed by atoms with Gasteiger partial charge < -0.3 is 9.47 Å². The summed E-state index contributed by atoms with van der Waals surface area (Å²) in [5.41, 5.74) is 1.97. The predicted octanol–water partition coefficient (Wildman–Crippen LogP) is 3.68. The molecule has 0 N–H and O–H groups in total. The number of benzene rings is 1. The Kier molecular flexibility index (Phi) is 6.00. The molecule has 114 valence electrons. The first kappa shape index (κ1) is 15.8. The fourth-order valence-electron chi connectivity index (χ4n) is 2.53. The third-order valence-electron chi connectivity index (χ3n) is 3.75. The highest BCUT2D eigenvalue weighted by Gasteiger charge is 2.30. The first-order valence-corrected chi connectivity index (χ1v) is 7.82. The van der Waals surface area contributed by atoms with Gasteiger partial charge in [-0.3, -0.25) is 0 Å². The van der Waals surface area contributed by atoms with Crippen molar-refractivity contribution in [3.05, 3.63) is 47.5 Å². The Morgan fingerprint density at radius 2 is 1.95 bits per heavy atom. The van der Waals surface area contributed by atoms with E-state index in [2.05, 4.69) is 19.1 Å². The van der Waals surface area contributed by atoms with Crippen LogP contribution in [0.15, 0.2) is 42.0 Å². The highest BCUT2D eigenvalue weighted by molar-refractivity contribution is 5.90. The maximum Gasteiger partial charge on any atom is 0.336 e. The lowest BCUT2D eigenvalue weighted by Gasteiger charge is -2.13. The summed E-state index contributed by atoms with van der Waals surface area (Å²) in [5, 5.41) is 0. The fraction of sp³-hybridized carbons (Fsp3) is 0.500. The van der Waals surface area contributed by atoms with Gasteiger partial charge in [0.2, 0.25) is 0 Å². The van der Waals surface area contributed by atoms with Gasteiger partial charge in [0.25, 0.3) is 0 Å². The Morgan fingerprint density at radius 3 is 2.62 bits per heavy atom. The number of esters is 1. The molecule has 0 amide bonds. The molecular formula is C18H24O3. The van der Waals surface area contributed by atoms with Crippen molar-refractivity contribution in [1.82, 2.24) is 0 Å². The predicted molar refractivity (Wildman–Crippen MR) is 83.0 cm³/mol. The Labute approximate surface area is 127 Å². The zero-order chi connectivity index (χ0) is 15.1. The number of hydrogen-bond donors (Lipinski definition) is 0. The standard InChI is InChI=1S/C18H24O3/c1-3-15-13-16(17(4-2)21-15)18(19)20-12-8-11-14-9-6-5-7-10-14/h5-7,9-10,13,15,17H,3-4,8,11-12H2,1-2H3. The molecule has 0 saturated carbocycles. The smallest absolute Gasteiger partial charge is 0.336 e. The number of hydrogen-bond acceptors (Lipinski definition) is 3. The van der Waals surface area contributed by atoms with E-state index in [1.807, 2.05) is 31.2 Å². The van der Waals surface area contributed by atoms with E-state index in [4.69, 9.17) is 9.47 Å². The van der Waals surface area contributed by atoms with Crippen molar-refractivity contribution in [2.45, 2.75) is 51.7 Å². The molecule has 1 aromatic rings. The number of rotatable bonds is 7. The van der Waals surface area contributed by atoms with Gasteiger partial charge in [0.05, 0.1) is 24.4 Å². The van der Waals surface area contributed by atoms with E-state index in [0.29, 0.717) is 12.2 Å². The van der Waals surface area contributed by atoms with Crippen molar-refractivity contribution in [2.24, 2.45) is 0 Å². The summed E-state index contributed by atoms with van der Waals surface area (Å²) in [5.74, 6) is -0.217. The lowest BCUT2D eigenvalue weighted by Crippen LogP contribution is -2.19. The first-order valence-electron chi connectivity index (χ1n) is 7.82. The van der Waals surface area contributed by atoms with Crippen LogP contribution in [0.3, 0.4) is 0 Å². The van der Waals surface area contributed by atoms with Gasteiger partial charge >= 0.3 is 5.97 Å².